The molecule has 42 heavy (non-hydrogen) atoms. The Morgan fingerprint density at radius 3 is 1.76 bits per heavy atom. The van der Waals surface area contributed by atoms with Gasteiger partial charge in [-0.05, 0) is 35.2 Å². The van der Waals surface area contributed by atoms with Crippen LogP contribution in [0.4, 0.5) is 10.5 Å². The van der Waals surface area contributed by atoms with Crippen LogP contribution in [-0.4, -0.2) is 24.0 Å². The Morgan fingerprint density at radius 1 is 0.619 bits per heavy atom. The zero-order valence-electron chi connectivity index (χ0n) is 23.0. The van der Waals surface area contributed by atoms with E-state index in [1.54, 1.807) is 12.1 Å². The molecule has 0 saturated heterocycles. The number of esters is 1. The summed E-state index contributed by atoms with van der Waals surface area (Å²) in [5, 5.41) is 2.54. The van der Waals surface area contributed by atoms with E-state index in [2.05, 4.69) is 16.2 Å². The van der Waals surface area contributed by atoms with Crippen LogP contribution in [0.3, 0.4) is 0 Å². The summed E-state index contributed by atoms with van der Waals surface area (Å²) in [6.07, 6.45) is -0.874. The number of carbonyl (C=O) groups excluding carboxylic acids is 3. The number of hydrogen-bond acceptors (Lipinski definition) is 7. The summed E-state index contributed by atoms with van der Waals surface area (Å²) in [5.41, 5.74) is 8.68. The van der Waals surface area contributed by atoms with E-state index in [4.69, 9.17) is 14.2 Å². The molecular formula is C33H33N3O6. The highest BCUT2D eigenvalue weighted by molar-refractivity contribution is 5.83. The molecule has 0 aliphatic carbocycles. The Balaban J connectivity index is 1.30. The third kappa shape index (κ3) is 10.0. The first-order valence-electron chi connectivity index (χ1n) is 13.5. The molecule has 0 heterocycles. The fraction of sp³-hybridized carbons (Fsp3) is 0.182. The van der Waals surface area contributed by atoms with Gasteiger partial charge in [0.1, 0.15) is 31.6 Å². The predicted molar refractivity (Wildman–Crippen MR) is 158 cm³/mol. The molecule has 0 aliphatic rings. The van der Waals surface area contributed by atoms with Gasteiger partial charge in [0.2, 0.25) is 5.91 Å². The third-order valence-corrected chi connectivity index (χ3v) is 6.13. The fourth-order valence-corrected chi connectivity index (χ4v) is 3.89. The molecule has 0 aliphatic heterocycles. The number of nitrogens with one attached hydrogen (secondary N) is 3. The van der Waals surface area contributed by atoms with Crippen LogP contribution >= 0.6 is 0 Å². The van der Waals surface area contributed by atoms with E-state index >= 15 is 0 Å². The summed E-state index contributed by atoms with van der Waals surface area (Å²) >= 11 is 0. The maximum atomic E-state index is 12.9. The zero-order valence-corrected chi connectivity index (χ0v) is 23.0. The number of ether oxygens (including phenoxy) is 3. The molecule has 0 saturated carbocycles. The van der Waals surface area contributed by atoms with Crippen molar-refractivity contribution in [3.05, 3.63) is 132 Å². The van der Waals surface area contributed by atoms with Gasteiger partial charge in [0, 0.05) is 6.42 Å². The van der Waals surface area contributed by atoms with E-state index in [0.29, 0.717) is 18.0 Å². The highest BCUT2D eigenvalue weighted by atomic mass is 16.6. The molecule has 0 aromatic heterocycles. The Kier molecular flexibility index (Phi) is 11.4. The zero-order chi connectivity index (χ0) is 29.4. The second kappa shape index (κ2) is 16.1. The summed E-state index contributed by atoms with van der Waals surface area (Å²) in [6.45, 7) is 0.436. The lowest BCUT2D eigenvalue weighted by Gasteiger charge is -2.18. The molecule has 0 unspecified atom stereocenters. The molecule has 3 N–H and O–H groups in total. The van der Waals surface area contributed by atoms with Gasteiger partial charge in [-0.2, -0.15) is 0 Å². The average molecular weight is 568 g/mol. The molecule has 4 rings (SSSR count). The molecule has 0 spiro atoms. The van der Waals surface area contributed by atoms with E-state index in [1.165, 1.54) is 0 Å². The fourth-order valence-electron chi connectivity index (χ4n) is 3.89. The maximum Gasteiger partial charge on any atom is 0.408 e. The van der Waals surface area contributed by atoms with E-state index in [1.807, 2.05) is 103 Å². The number of hydrazine groups is 1. The minimum atomic E-state index is -1.09. The molecular weight excluding hydrogens is 534 g/mol. The third-order valence-electron chi connectivity index (χ3n) is 6.13. The number of benzene rings is 4. The van der Waals surface area contributed by atoms with Crippen molar-refractivity contribution in [2.75, 3.05) is 5.43 Å². The van der Waals surface area contributed by atoms with Crippen LogP contribution in [0.15, 0.2) is 115 Å². The monoisotopic (exact) mass is 567 g/mol. The van der Waals surface area contributed by atoms with Crippen LogP contribution in [0, 0.1) is 0 Å². The summed E-state index contributed by atoms with van der Waals surface area (Å²) in [7, 11) is 0. The number of hydrogen-bond donors (Lipinski definition) is 3. The quantitative estimate of drug-likeness (QED) is 0.136. The summed E-state index contributed by atoms with van der Waals surface area (Å²) in [4.78, 5) is 38.1. The Labute approximate surface area is 244 Å². The molecule has 4 aromatic carbocycles. The topological polar surface area (TPSA) is 115 Å². The number of alkyl carbamates (subject to hydrolysis) is 1. The predicted octanol–water partition coefficient (Wildman–Crippen LogP) is 5.53. The van der Waals surface area contributed by atoms with E-state index < -0.39 is 24.0 Å². The van der Waals surface area contributed by atoms with Gasteiger partial charge in [0.25, 0.3) is 0 Å². The first-order valence-corrected chi connectivity index (χ1v) is 13.5. The van der Waals surface area contributed by atoms with Gasteiger partial charge in [0.05, 0.1) is 5.69 Å². The highest BCUT2D eigenvalue weighted by Gasteiger charge is 2.24. The van der Waals surface area contributed by atoms with Crippen molar-refractivity contribution >= 4 is 23.7 Å². The number of carbonyl (C=O) groups is 3. The molecule has 4 aromatic rings. The lowest BCUT2D eigenvalue weighted by molar-refractivity contribution is -0.147. The van der Waals surface area contributed by atoms with Crippen molar-refractivity contribution in [3.63, 3.8) is 0 Å². The normalized spacial score (nSPS) is 11.0. The van der Waals surface area contributed by atoms with Crippen LogP contribution in [0.2, 0.25) is 0 Å². The number of amides is 2. The molecule has 216 valence electrons. The van der Waals surface area contributed by atoms with Crippen molar-refractivity contribution in [1.82, 2.24) is 10.7 Å². The first-order chi connectivity index (χ1) is 20.6. The Bertz CT molecular complexity index is 1420. The van der Waals surface area contributed by atoms with Crippen molar-refractivity contribution in [2.45, 2.75) is 38.7 Å². The van der Waals surface area contributed by atoms with E-state index in [-0.39, 0.29) is 26.1 Å². The largest absolute Gasteiger partial charge is 0.487 e. The molecule has 0 bridgehead atoms. The SMILES string of the molecule is O=C(CC[C@H](NC(=O)OCc1ccccc1)C(=O)OCc1ccccc1)NNc1ccccc1OCc1ccccc1. The minimum Gasteiger partial charge on any atom is -0.487 e. The van der Waals surface area contributed by atoms with Crippen LogP contribution in [-0.2, 0) is 38.9 Å². The van der Waals surface area contributed by atoms with Crippen molar-refractivity contribution < 1.29 is 28.6 Å². The van der Waals surface area contributed by atoms with Gasteiger partial charge in [-0.1, -0.05) is 103 Å². The number of rotatable bonds is 14. The standard InChI is InChI=1S/C33H33N3O6/c37-31(36-35-28-18-10-11-19-30(28)40-22-25-12-4-1-5-13-25)21-20-29(32(38)41-23-26-14-6-2-7-15-26)34-33(39)42-24-27-16-8-3-9-17-27/h1-19,29,35H,20-24H2,(H,34,39)(H,36,37)/t29-/m0/s1. The van der Waals surface area contributed by atoms with Crippen LogP contribution in [0.1, 0.15) is 29.5 Å². The molecule has 1 atom stereocenters. The Morgan fingerprint density at radius 2 is 1.14 bits per heavy atom. The van der Waals surface area contributed by atoms with E-state index in [9.17, 15) is 14.4 Å². The second-order valence-corrected chi connectivity index (χ2v) is 9.33. The second-order valence-electron chi connectivity index (χ2n) is 9.33. The van der Waals surface area contributed by atoms with Gasteiger partial charge in [-0.15, -0.1) is 0 Å². The number of anilines is 1. The van der Waals surface area contributed by atoms with Gasteiger partial charge in [0.15, 0.2) is 0 Å². The average Bonchev–Trinajstić information content (AvgIpc) is 3.04. The maximum absolute atomic E-state index is 12.9. The lowest BCUT2D eigenvalue weighted by atomic mass is 10.1. The van der Waals surface area contributed by atoms with Gasteiger partial charge in [-0.25, -0.2) is 9.59 Å². The summed E-state index contributed by atoms with van der Waals surface area (Å²) in [6, 6.07) is 34.2. The first kappa shape index (κ1) is 29.7. The van der Waals surface area contributed by atoms with Gasteiger partial charge >= 0.3 is 12.1 Å². The highest BCUT2D eigenvalue weighted by Crippen LogP contribution is 2.24. The molecule has 0 fully saturated rings. The van der Waals surface area contributed by atoms with Crippen LogP contribution < -0.4 is 20.9 Å². The summed E-state index contributed by atoms with van der Waals surface area (Å²) < 4.78 is 16.6. The van der Waals surface area contributed by atoms with Crippen molar-refractivity contribution in [1.29, 1.82) is 0 Å². The van der Waals surface area contributed by atoms with Crippen molar-refractivity contribution in [2.24, 2.45) is 0 Å². The van der Waals surface area contributed by atoms with Crippen molar-refractivity contribution in [3.8, 4) is 5.75 Å². The minimum absolute atomic E-state index is 0.00622. The molecule has 0 radical (unpaired) electrons. The van der Waals surface area contributed by atoms with Crippen LogP contribution in [0.25, 0.3) is 0 Å². The Hall–Kier alpha value is -5.31. The van der Waals surface area contributed by atoms with Gasteiger partial charge < -0.3 is 19.5 Å². The molecule has 2 amide bonds. The smallest absolute Gasteiger partial charge is 0.408 e. The van der Waals surface area contributed by atoms with Gasteiger partial charge in [-0.3, -0.25) is 15.6 Å². The lowest BCUT2D eigenvalue weighted by Crippen LogP contribution is -2.43. The van der Waals surface area contributed by atoms with E-state index in [0.717, 1.165) is 16.7 Å². The summed E-state index contributed by atoms with van der Waals surface area (Å²) in [5.74, 6) is -0.504. The van der Waals surface area contributed by atoms with Crippen LogP contribution in [0.5, 0.6) is 5.75 Å². The molecule has 9 nitrogen and oxygen atoms in total. The number of para-hydroxylation sites is 2. The molecule has 9 heteroatoms.